The third kappa shape index (κ3) is 3.56. The average Bonchev–Trinajstić information content (AvgIpc) is 3.02. The summed E-state index contributed by atoms with van der Waals surface area (Å²) in [5, 5.41) is 2.90. The van der Waals surface area contributed by atoms with Crippen molar-refractivity contribution < 1.29 is 9.59 Å². The molecular formula is C17H20N4O2S. The van der Waals surface area contributed by atoms with Crippen LogP contribution in [0.15, 0.2) is 29.8 Å². The fourth-order valence-electron chi connectivity index (χ4n) is 2.60. The summed E-state index contributed by atoms with van der Waals surface area (Å²) in [7, 11) is 0. The minimum atomic E-state index is -0.125. The number of urea groups is 1. The Morgan fingerprint density at radius 3 is 2.25 bits per heavy atom. The number of hydrogen-bond donors (Lipinski definition) is 1. The molecule has 1 aliphatic heterocycles. The first-order chi connectivity index (χ1) is 11.5. The van der Waals surface area contributed by atoms with Crippen LogP contribution in [0.3, 0.4) is 0 Å². The predicted octanol–water partition coefficient (Wildman–Crippen LogP) is 2.75. The highest BCUT2D eigenvalue weighted by atomic mass is 32.1. The largest absolute Gasteiger partial charge is 0.334 e. The first-order valence-corrected chi connectivity index (χ1v) is 8.74. The number of hydrogen-bond acceptors (Lipinski definition) is 4. The lowest BCUT2D eigenvalue weighted by atomic mass is 10.2. The van der Waals surface area contributed by atoms with Crippen molar-refractivity contribution >= 4 is 29.0 Å². The van der Waals surface area contributed by atoms with Crippen LogP contribution in [-0.4, -0.2) is 52.9 Å². The first-order valence-electron chi connectivity index (χ1n) is 7.86. The number of rotatable bonds is 2. The SMILES string of the molecule is Cc1ccc(NC(=O)N2CCN(C(=O)c3scnc3C)CC2)cc1. The van der Waals surface area contributed by atoms with Crippen LogP contribution in [0.5, 0.6) is 0 Å². The Kier molecular flexibility index (Phi) is 4.80. The normalized spacial score (nSPS) is 14.6. The maximum absolute atomic E-state index is 12.5. The van der Waals surface area contributed by atoms with Crippen LogP contribution < -0.4 is 5.32 Å². The summed E-state index contributed by atoms with van der Waals surface area (Å²) >= 11 is 1.37. The van der Waals surface area contributed by atoms with Gasteiger partial charge in [0.25, 0.3) is 5.91 Å². The van der Waals surface area contributed by atoms with Crippen LogP contribution in [-0.2, 0) is 0 Å². The van der Waals surface area contributed by atoms with Crippen molar-refractivity contribution in [2.75, 3.05) is 31.5 Å². The van der Waals surface area contributed by atoms with E-state index in [-0.39, 0.29) is 11.9 Å². The van der Waals surface area contributed by atoms with E-state index in [1.807, 2.05) is 38.1 Å². The molecule has 1 saturated heterocycles. The number of carbonyl (C=O) groups excluding carboxylic acids is 2. The molecule has 1 aromatic carbocycles. The van der Waals surface area contributed by atoms with Gasteiger partial charge in [-0.25, -0.2) is 9.78 Å². The molecule has 2 heterocycles. The zero-order valence-corrected chi connectivity index (χ0v) is 14.6. The van der Waals surface area contributed by atoms with Gasteiger partial charge in [-0.3, -0.25) is 4.79 Å². The lowest BCUT2D eigenvalue weighted by Gasteiger charge is -2.34. The fourth-order valence-corrected chi connectivity index (χ4v) is 3.37. The molecule has 0 spiro atoms. The van der Waals surface area contributed by atoms with E-state index in [9.17, 15) is 9.59 Å². The lowest BCUT2D eigenvalue weighted by molar-refractivity contribution is 0.0675. The molecule has 7 heteroatoms. The van der Waals surface area contributed by atoms with Crippen LogP contribution in [0, 0.1) is 13.8 Å². The summed E-state index contributed by atoms with van der Waals surface area (Å²) in [6.07, 6.45) is 0. The third-order valence-electron chi connectivity index (χ3n) is 4.10. The van der Waals surface area contributed by atoms with Crippen molar-refractivity contribution in [3.63, 3.8) is 0 Å². The average molecular weight is 344 g/mol. The molecule has 0 saturated carbocycles. The van der Waals surface area contributed by atoms with Crippen molar-refractivity contribution in [1.82, 2.24) is 14.8 Å². The van der Waals surface area contributed by atoms with Gasteiger partial charge in [0.05, 0.1) is 11.2 Å². The first kappa shape index (κ1) is 16.4. The Balaban J connectivity index is 1.55. The Labute approximate surface area is 145 Å². The number of thiazole rings is 1. The Bertz CT molecular complexity index is 733. The van der Waals surface area contributed by atoms with Crippen LogP contribution in [0.2, 0.25) is 0 Å². The minimum absolute atomic E-state index is 0.00796. The van der Waals surface area contributed by atoms with E-state index in [4.69, 9.17) is 0 Å². The van der Waals surface area contributed by atoms with Gasteiger partial charge in [-0.1, -0.05) is 17.7 Å². The number of aryl methyl sites for hydroxylation is 2. The van der Waals surface area contributed by atoms with E-state index < -0.39 is 0 Å². The molecule has 0 radical (unpaired) electrons. The van der Waals surface area contributed by atoms with Gasteiger partial charge in [0, 0.05) is 31.9 Å². The van der Waals surface area contributed by atoms with E-state index >= 15 is 0 Å². The molecule has 126 valence electrons. The van der Waals surface area contributed by atoms with Crippen molar-refractivity contribution in [2.45, 2.75) is 13.8 Å². The van der Waals surface area contributed by atoms with Gasteiger partial charge < -0.3 is 15.1 Å². The van der Waals surface area contributed by atoms with Crippen molar-refractivity contribution in [3.05, 3.63) is 45.9 Å². The molecule has 3 rings (SSSR count). The molecule has 24 heavy (non-hydrogen) atoms. The van der Waals surface area contributed by atoms with E-state index in [1.165, 1.54) is 11.3 Å². The molecule has 0 unspecified atom stereocenters. The van der Waals surface area contributed by atoms with E-state index in [0.717, 1.165) is 16.9 Å². The second-order valence-corrected chi connectivity index (χ2v) is 6.70. The van der Waals surface area contributed by atoms with Gasteiger partial charge in [0.2, 0.25) is 0 Å². The number of piperazine rings is 1. The molecule has 1 aliphatic rings. The van der Waals surface area contributed by atoms with Gasteiger partial charge in [-0.05, 0) is 26.0 Å². The summed E-state index contributed by atoms with van der Waals surface area (Å²) < 4.78 is 0. The number of carbonyl (C=O) groups is 2. The quantitative estimate of drug-likeness (QED) is 0.911. The number of aromatic nitrogens is 1. The van der Waals surface area contributed by atoms with Crippen molar-refractivity contribution in [1.29, 1.82) is 0 Å². The van der Waals surface area contributed by atoms with Gasteiger partial charge in [0.1, 0.15) is 4.88 Å². The molecule has 1 fully saturated rings. The smallest absolute Gasteiger partial charge is 0.321 e. The summed E-state index contributed by atoms with van der Waals surface area (Å²) in [5.41, 5.74) is 4.39. The maximum atomic E-state index is 12.5. The number of anilines is 1. The molecule has 2 aromatic rings. The molecule has 0 atom stereocenters. The monoisotopic (exact) mass is 344 g/mol. The lowest BCUT2D eigenvalue weighted by Crippen LogP contribution is -2.51. The van der Waals surface area contributed by atoms with Crippen LogP contribution in [0.1, 0.15) is 20.9 Å². The summed E-state index contributed by atoms with van der Waals surface area (Å²) in [6.45, 7) is 5.99. The highest BCUT2D eigenvalue weighted by Gasteiger charge is 2.26. The molecule has 0 aliphatic carbocycles. The highest BCUT2D eigenvalue weighted by molar-refractivity contribution is 7.11. The van der Waals surface area contributed by atoms with Crippen LogP contribution in [0.4, 0.5) is 10.5 Å². The van der Waals surface area contributed by atoms with E-state index in [2.05, 4.69) is 10.3 Å². The summed E-state index contributed by atoms with van der Waals surface area (Å²) in [4.78, 5) is 33.1. The van der Waals surface area contributed by atoms with Crippen molar-refractivity contribution in [3.8, 4) is 0 Å². The summed E-state index contributed by atoms with van der Waals surface area (Å²) in [6, 6.07) is 7.58. The van der Waals surface area contributed by atoms with Crippen LogP contribution in [0.25, 0.3) is 0 Å². The van der Waals surface area contributed by atoms with Crippen molar-refractivity contribution in [2.24, 2.45) is 0 Å². The second-order valence-electron chi connectivity index (χ2n) is 5.84. The summed E-state index contributed by atoms with van der Waals surface area (Å²) in [5.74, 6) is 0.00796. The van der Waals surface area contributed by atoms with Gasteiger partial charge in [-0.2, -0.15) is 0 Å². The highest BCUT2D eigenvalue weighted by Crippen LogP contribution is 2.17. The number of benzene rings is 1. The topological polar surface area (TPSA) is 65.5 Å². The van der Waals surface area contributed by atoms with Crippen LogP contribution >= 0.6 is 11.3 Å². The molecule has 6 nitrogen and oxygen atoms in total. The molecule has 1 aromatic heterocycles. The van der Waals surface area contributed by atoms with Gasteiger partial charge in [0.15, 0.2) is 0 Å². The molecule has 0 bridgehead atoms. The van der Waals surface area contributed by atoms with E-state index in [0.29, 0.717) is 31.1 Å². The third-order valence-corrected chi connectivity index (χ3v) is 5.01. The molecule has 1 N–H and O–H groups in total. The predicted molar refractivity (Wildman–Crippen MR) is 94.5 cm³/mol. The Hall–Kier alpha value is -2.41. The second kappa shape index (κ2) is 7.00. The van der Waals surface area contributed by atoms with Gasteiger partial charge >= 0.3 is 6.03 Å². The number of nitrogens with zero attached hydrogens (tertiary/aromatic N) is 3. The number of nitrogens with one attached hydrogen (secondary N) is 1. The Morgan fingerprint density at radius 2 is 1.67 bits per heavy atom. The minimum Gasteiger partial charge on any atom is -0.334 e. The zero-order valence-electron chi connectivity index (χ0n) is 13.8. The fraction of sp³-hybridized carbons (Fsp3) is 0.353. The van der Waals surface area contributed by atoms with E-state index in [1.54, 1.807) is 15.3 Å². The molecular weight excluding hydrogens is 324 g/mol. The van der Waals surface area contributed by atoms with Gasteiger partial charge in [-0.15, -0.1) is 11.3 Å². The standard InChI is InChI=1S/C17H20N4O2S/c1-12-3-5-14(6-4-12)19-17(23)21-9-7-20(8-10-21)16(22)15-13(2)18-11-24-15/h3-6,11H,7-10H2,1-2H3,(H,19,23). The molecule has 3 amide bonds. The zero-order chi connectivity index (χ0) is 17.1. The Morgan fingerprint density at radius 1 is 1.04 bits per heavy atom. The maximum Gasteiger partial charge on any atom is 0.321 e. The number of amides is 3.